The maximum absolute atomic E-state index is 13.8. The van der Waals surface area contributed by atoms with Crippen LogP contribution in [0.1, 0.15) is 27.0 Å². The molecule has 2 aromatic rings. The van der Waals surface area contributed by atoms with Crippen molar-refractivity contribution in [3.8, 4) is 5.75 Å². The van der Waals surface area contributed by atoms with Crippen LogP contribution in [0.2, 0.25) is 0 Å². The smallest absolute Gasteiger partial charge is 0.199 e. The summed E-state index contributed by atoms with van der Waals surface area (Å²) in [5.74, 6) is -1.70. The van der Waals surface area contributed by atoms with Gasteiger partial charge in [0.15, 0.2) is 5.78 Å². The van der Waals surface area contributed by atoms with Crippen LogP contribution in [0.15, 0.2) is 30.3 Å². The molecule has 0 aliphatic rings. The first-order valence-corrected chi connectivity index (χ1v) is 6.09. The fourth-order valence-electron chi connectivity index (χ4n) is 1.98. The first-order valence-electron chi connectivity index (χ1n) is 6.09. The lowest BCUT2D eigenvalue weighted by atomic mass is 9.98. The van der Waals surface area contributed by atoms with Gasteiger partial charge in [-0.05, 0) is 37.6 Å². The summed E-state index contributed by atoms with van der Waals surface area (Å²) in [7, 11) is 1.44. The Balaban J connectivity index is 2.57. The van der Waals surface area contributed by atoms with E-state index in [9.17, 15) is 13.6 Å². The summed E-state index contributed by atoms with van der Waals surface area (Å²) in [6.07, 6.45) is 0. The van der Waals surface area contributed by atoms with Crippen molar-refractivity contribution in [1.29, 1.82) is 0 Å². The van der Waals surface area contributed by atoms with Crippen LogP contribution in [-0.2, 0) is 0 Å². The van der Waals surface area contributed by atoms with Crippen molar-refractivity contribution in [2.24, 2.45) is 0 Å². The van der Waals surface area contributed by atoms with Crippen LogP contribution in [0.5, 0.6) is 5.75 Å². The van der Waals surface area contributed by atoms with Crippen molar-refractivity contribution in [1.82, 2.24) is 0 Å². The first-order chi connectivity index (χ1) is 9.43. The topological polar surface area (TPSA) is 26.3 Å². The predicted octanol–water partition coefficient (Wildman–Crippen LogP) is 3.82. The van der Waals surface area contributed by atoms with E-state index in [1.165, 1.54) is 20.1 Å². The molecule has 0 fully saturated rings. The van der Waals surface area contributed by atoms with Crippen LogP contribution < -0.4 is 4.74 Å². The Bertz CT molecular complexity index is 678. The first kappa shape index (κ1) is 14.2. The minimum atomic E-state index is -0.873. The number of aryl methyl sites for hydroxylation is 2. The number of methoxy groups -OCH3 is 1. The van der Waals surface area contributed by atoms with Gasteiger partial charge in [-0.2, -0.15) is 0 Å². The van der Waals surface area contributed by atoms with Gasteiger partial charge in [0, 0.05) is 6.07 Å². The second-order valence-corrected chi connectivity index (χ2v) is 4.61. The van der Waals surface area contributed by atoms with Crippen molar-refractivity contribution in [2.45, 2.75) is 13.8 Å². The molecule has 0 heterocycles. The molecule has 0 aromatic heterocycles. The molecule has 0 saturated heterocycles. The highest BCUT2D eigenvalue weighted by Crippen LogP contribution is 2.25. The summed E-state index contributed by atoms with van der Waals surface area (Å²) in [4.78, 5) is 12.4. The van der Waals surface area contributed by atoms with Gasteiger partial charge in [-0.15, -0.1) is 0 Å². The highest BCUT2D eigenvalue weighted by atomic mass is 19.1. The lowest BCUT2D eigenvalue weighted by molar-refractivity contribution is 0.103. The Morgan fingerprint density at radius 1 is 1.00 bits per heavy atom. The van der Waals surface area contributed by atoms with Crippen LogP contribution in [0, 0.1) is 25.5 Å². The van der Waals surface area contributed by atoms with Crippen molar-refractivity contribution >= 4 is 5.78 Å². The molecule has 2 rings (SSSR count). The lowest BCUT2D eigenvalue weighted by Crippen LogP contribution is -2.08. The van der Waals surface area contributed by atoms with E-state index in [0.29, 0.717) is 5.75 Å². The van der Waals surface area contributed by atoms with Gasteiger partial charge in [-0.25, -0.2) is 8.78 Å². The number of hydrogen-bond acceptors (Lipinski definition) is 2. The van der Waals surface area contributed by atoms with Crippen molar-refractivity contribution in [2.75, 3.05) is 7.11 Å². The second-order valence-electron chi connectivity index (χ2n) is 4.61. The molecule has 0 unspecified atom stereocenters. The van der Waals surface area contributed by atoms with Gasteiger partial charge < -0.3 is 4.74 Å². The molecule has 0 radical (unpaired) electrons. The van der Waals surface area contributed by atoms with Gasteiger partial charge in [-0.1, -0.05) is 11.6 Å². The van der Waals surface area contributed by atoms with E-state index in [2.05, 4.69) is 0 Å². The average Bonchev–Trinajstić information content (AvgIpc) is 2.42. The Labute approximate surface area is 116 Å². The number of benzene rings is 2. The highest BCUT2D eigenvalue weighted by molar-refractivity contribution is 6.11. The van der Waals surface area contributed by atoms with Crippen LogP contribution in [-0.4, -0.2) is 12.9 Å². The monoisotopic (exact) mass is 276 g/mol. The summed E-state index contributed by atoms with van der Waals surface area (Å²) >= 11 is 0. The maximum Gasteiger partial charge on any atom is 0.199 e. The van der Waals surface area contributed by atoms with E-state index >= 15 is 0 Å². The maximum atomic E-state index is 13.8. The Hall–Kier alpha value is -2.23. The zero-order chi connectivity index (χ0) is 14.9. The van der Waals surface area contributed by atoms with Crippen LogP contribution >= 0.6 is 0 Å². The zero-order valence-corrected chi connectivity index (χ0v) is 11.5. The van der Waals surface area contributed by atoms with E-state index in [4.69, 9.17) is 4.74 Å². The third kappa shape index (κ3) is 2.54. The predicted molar refractivity (Wildman–Crippen MR) is 72.3 cm³/mol. The molecule has 0 aliphatic heterocycles. The van der Waals surface area contributed by atoms with Crippen molar-refractivity contribution in [3.05, 3.63) is 64.2 Å². The van der Waals surface area contributed by atoms with E-state index < -0.39 is 17.4 Å². The van der Waals surface area contributed by atoms with E-state index in [1.54, 1.807) is 18.2 Å². The van der Waals surface area contributed by atoms with Gasteiger partial charge >= 0.3 is 0 Å². The number of ketones is 1. The largest absolute Gasteiger partial charge is 0.496 e. The number of halogens is 2. The second kappa shape index (κ2) is 5.41. The molecule has 0 spiro atoms. The Kier molecular flexibility index (Phi) is 3.84. The molecule has 0 atom stereocenters. The van der Waals surface area contributed by atoms with Crippen LogP contribution in [0.4, 0.5) is 8.78 Å². The average molecular weight is 276 g/mol. The van der Waals surface area contributed by atoms with Crippen molar-refractivity contribution < 1.29 is 18.3 Å². The lowest BCUT2D eigenvalue weighted by Gasteiger charge is -2.10. The van der Waals surface area contributed by atoms with Gasteiger partial charge in [0.2, 0.25) is 0 Å². The third-order valence-corrected chi connectivity index (χ3v) is 3.09. The molecule has 4 heteroatoms. The minimum absolute atomic E-state index is 0.159. The summed E-state index contributed by atoms with van der Waals surface area (Å²) in [6, 6.07) is 7.01. The molecule has 2 aromatic carbocycles. The van der Waals surface area contributed by atoms with E-state index in [1.807, 2.05) is 6.92 Å². The number of carbonyl (C=O) groups excluding carboxylic acids is 1. The number of hydrogen-bond donors (Lipinski definition) is 0. The quantitative estimate of drug-likeness (QED) is 0.797. The Morgan fingerprint density at radius 3 is 2.35 bits per heavy atom. The van der Waals surface area contributed by atoms with Crippen molar-refractivity contribution in [3.63, 3.8) is 0 Å². The molecule has 2 nitrogen and oxygen atoms in total. The molecular formula is C16H14F2O2. The molecule has 0 bridgehead atoms. The summed E-state index contributed by atoms with van der Waals surface area (Å²) < 4.78 is 32.2. The zero-order valence-electron chi connectivity index (χ0n) is 11.5. The number of ether oxygens (including phenoxy) is 1. The van der Waals surface area contributed by atoms with Gasteiger partial charge in [0.1, 0.15) is 17.4 Å². The van der Waals surface area contributed by atoms with Crippen LogP contribution in [0.25, 0.3) is 0 Å². The molecule has 0 saturated carbocycles. The SMILES string of the molecule is COc1ccc(C)cc1C(=O)c1cc(C)c(F)cc1F. The van der Waals surface area contributed by atoms with Gasteiger partial charge in [0.25, 0.3) is 0 Å². The molecule has 0 amide bonds. The van der Waals surface area contributed by atoms with E-state index in [-0.39, 0.29) is 16.7 Å². The fourth-order valence-corrected chi connectivity index (χ4v) is 1.98. The standard InChI is InChI=1S/C16H14F2O2/c1-9-4-5-15(20-3)12(6-9)16(19)11-7-10(2)13(17)8-14(11)18/h4-8H,1-3H3. The summed E-state index contributed by atoms with van der Waals surface area (Å²) in [5.41, 5.74) is 1.18. The Morgan fingerprint density at radius 2 is 1.70 bits per heavy atom. The number of carbonyl (C=O) groups is 1. The summed E-state index contributed by atoms with van der Waals surface area (Å²) in [6.45, 7) is 3.31. The molecule has 0 N–H and O–H groups in total. The van der Waals surface area contributed by atoms with Crippen LogP contribution in [0.3, 0.4) is 0 Å². The minimum Gasteiger partial charge on any atom is -0.496 e. The van der Waals surface area contributed by atoms with Gasteiger partial charge in [-0.3, -0.25) is 4.79 Å². The normalized spacial score (nSPS) is 10.4. The van der Waals surface area contributed by atoms with Gasteiger partial charge in [0.05, 0.1) is 18.2 Å². The molecule has 0 aliphatic carbocycles. The highest BCUT2D eigenvalue weighted by Gasteiger charge is 2.19. The summed E-state index contributed by atoms with van der Waals surface area (Å²) in [5, 5.41) is 0. The fraction of sp³-hybridized carbons (Fsp3) is 0.188. The molecule has 20 heavy (non-hydrogen) atoms. The third-order valence-electron chi connectivity index (χ3n) is 3.09. The molecular weight excluding hydrogens is 262 g/mol. The van der Waals surface area contributed by atoms with E-state index in [0.717, 1.165) is 11.6 Å². The molecule has 104 valence electrons. The number of rotatable bonds is 3.